The van der Waals surface area contributed by atoms with Gasteiger partial charge in [-0.3, -0.25) is 23.2 Å². The fraction of sp³-hybridized carbons (Fsp3) is 0.449. The molecule has 3 aromatic carbocycles. The number of aromatic nitrogens is 2. The van der Waals surface area contributed by atoms with Crippen LogP contribution >= 0.6 is 23.5 Å². The number of anilines is 2. The Morgan fingerprint density at radius 3 is 2.42 bits per heavy atom. The SMILES string of the molecule is CC1CC(C)(C)Nc2cc3c(cc21)C(c1ccccc1C(=O)N(C)CCCC(=O)NCC#Cc1cn([C@@H]2O[C@H](COP(=O)(O)OP(=O)(O)OP(=O)([O-])O)[C@@H](O)[C@H]2O)c(=O)nc1N)=c1cc2c(cc1O3)=[NH+]C(C)(C)CC2C. The molecule has 0 aliphatic carbocycles. The van der Waals surface area contributed by atoms with Gasteiger partial charge in [0, 0.05) is 77.4 Å². The minimum Gasteiger partial charge on any atom is -0.756 e. The molecule has 1 fully saturated rings. The highest BCUT2D eigenvalue weighted by Gasteiger charge is 2.47. The Morgan fingerprint density at radius 2 is 1.70 bits per heavy atom. The number of aliphatic hydroxyl groups excluding tert-OH is 2. The largest absolute Gasteiger partial charge is 0.756 e. The number of hydrogen-bond acceptors (Lipinski definition) is 17. The molecule has 24 nitrogen and oxygen atoms in total. The zero-order valence-electron chi connectivity index (χ0n) is 42.5. The molecular formula is C49H60N7O17P3. The number of ether oxygens (including phenoxy) is 2. The Labute approximate surface area is 436 Å². The predicted octanol–water partition coefficient (Wildman–Crippen LogP) is 1.21. The lowest BCUT2D eigenvalue weighted by molar-refractivity contribution is -0.588. The highest BCUT2D eigenvalue weighted by atomic mass is 31.3. The highest BCUT2D eigenvalue weighted by Crippen LogP contribution is 2.65. The minimum atomic E-state index is -5.91. The number of nitrogens with zero attached hydrogens (tertiary/aromatic N) is 3. The zero-order chi connectivity index (χ0) is 55.4. The zero-order valence-corrected chi connectivity index (χ0v) is 45.2. The average Bonchev–Trinajstić information content (AvgIpc) is 3.57. The number of benzene rings is 3. The Hall–Kier alpha value is -5.60. The fourth-order valence-electron chi connectivity index (χ4n) is 10.3. The van der Waals surface area contributed by atoms with Crippen molar-refractivity contribution in [2.24, 2.45) is 0 Å². The van der Waals surface area contributed by atoms with Crippen LogP contribution in [0.4, 0.5) is 11.5 Å². The number of rotatable bonds is 15. The van der Waals surface area contributed by atoms with Gasteiger partial charge in [0.15, 0.2) is 11.8 Å². The van der Waals surface area contributed by atoms with E-state index in [1.807, 2.05) is 24.3 Å². The lowest BCUT2D eigenvalue weighted by atomic mass is 9.79. The predicted molar refractivity (Wildman–Crippen MR) is 271 cm³/mol. The molecule has 5 heterocycles. The van der Waals surface area contributed by atoms with E-state index in [1.165, 1.54) is 11.1 Å². The summed E-state index contributed by atoms with van der Waals surface area (Å²) in [5.74, 6) is 6.29. The maximum atomic E-state index is 14.5. The van der Waals surface area contributed by atoms with E-state index < -0.39 is 60.3 Å². The number of phosphoric acid groups is 3. The van der Waals surface area contributed by atoms with E-state index in [-0.39, 0.29) is 65.6 Å². The van der Waals surface area contributed by atoms with E-state index in [0.717, 1.165) is 52.0 Å². The summed E-state index contributed by atoms with van der Waals surface area (Å²) in [5.41, 5.74) is 10.9. The van der Waals surface area contributed by atoms with Crippen molar-refractivity contribution in [3.8, 4) is 23.3 Å². The standard InChI is InChI=1S/C49H60N7O17P3/c1-26-22-48(3,4)53-35-20-37-33(18-31(26)35)41(34-19-32-27(2)23-49(5,6)54-36(32)21-38(34)70-37)29-13-8-9-14-30(29)45(60)55(7)17-11-15-40(57)51-16-10-12-28-24-56(47(61)52-44(28)50)46-43(59)42(58)39(71-46)25-69-75(65,66)73-76(67,68)72-74(62,63)64/h8-9,13-14,18-21,24,26-27,39,42-43,46,53,58-59H,11,15-17,22-23,25H2,1-7H3,(H,51,57)(H,65,66)(H,67,68)(H2,50,52,61)(H2,62,63,64)/t26?,27?,39-,42-,43-,46-/m1/s1. The molecule has 1 saturated heterocycles. The Bertz CT molecular complexity index is 3410. The number of nitrogens with two attached hydrogens (primary N) is 1. The molecule has 4 aliphatic rings. The van der Waals surface area contributed by atoms with Gasteiger partial charge < -0.3 is 60.5 Å². The number of hydrogen-bond donors (Lipinski definition) is 9. The second-order valence-corrected chi connectivity index (χ2v) is 25.0. The first-order valence-electron chi connectivity index (χ1n) is 24.2. The second-order valence-electron chi connectivity index (χ2n) is 20.7. The average molecular weight is 1110 g/mol. The summed E-state index contributed by atoms with van der Waals surface area (Å²) in [4.78, 5) is 87.8. The summed E-state index contributed by atoms with van der Waals surface area (Å²) in [5, 5.41) is 29.5. The molecule has 5 unspecified atom stereocenters. The molecule has 27 heteroatoms. The molecule has 76 heavy (non-hydrogen) atoms. The summed E-state index contributed by atoms with van der Waals surface area (Å²) < 4.78 is 59.1. The van der Waals surface area contributed by atoms with Gasteiger partial charge in [-0.25, -0.2) is 23.2 Å². The Balaban J connectivity index is 0.926. The Kier molecular flexibility index (Phi) is 15.9. The molecule has 4 aliphatic heterocycles. The molecule has 0 spiro atoms. The highest BCUT2D eigenvalue weighted by molar-refractivity contribution is 7.66. The van der Waals surface area contributed by atoms with Crippen LogP contribution in [0.3, 0.4) is 0 Å². The van der Waals surface area contributed by atoms with Crippen molar-refractivity contribution in [1.29, 1.82) is 0 Å². The molecule has 0 bridgehead atoms. The van der Waals surface area contributed by atoms with Gasteiger partial charge in [0.05, 0.1) is 24.8 Å². The molecule has 0 radical (unpaired) electrons. The number of amides is 2. The van der Waals surface area contributed by atoms with Gasteiger partial charge in [-0.2, -0.15) is 9.29 Å². The quantitative estimate of drug-likeness (QED) is 0.0525. The lowest BCUT2D eigenvalue weighted by Crippen LogP contribution is -2.90. The van der Waals surface area contributed by atoms with Gasteiger partial charge in [0.2, 0.25) is 11.3 Å². The number of aliphatic hydroxyl groups is 2. The van der Waals surface area contributed by atoms with Crippen LogP contribution in [-0.2, 0) is 36.4 Å². The molecule has 2 amide bonds. The molecule has 1 aromatic heterocycles. The lowest BCUT2D eigenvalue weighted by Gasteiger charge is -2.38. The summed E-state index contributed by atoms with van der Waals surface area (Å²) in [7, 11) is -15.8. The van der Waals surface area contributed by atoms with Crippen LogP contribution in [0.1, 0.15) is 123 Å². The fourth-order valence-corrected chi connectivity index (χ4v) is 13.3. The second kappa shape index (κ2) is 21.3. The topological polar surface area (TPSA) is 358 Å². The third kappa shape index (κ3) is 12.7. The van der Waals surface area contributed by atoms with Gasteiger partial charge >= 0.3 is 21.3 Å². The van der Waals surface area contributed by atoms with Crippen LogP contribution in [-0.4, -0.2) is 107 Å². The van der Waals surface area contributed by atoms with Gasteiger partial charge in [0.1, 0.15) is 35.6 Å². The van der Waals surface area contributed by atoms with Crippen molar-refractivity contribution < 1.29 is 80.7 Å². The van der Waals surface area contributed by atoms with Crippen LogP contribution in [0.25, 0.3) is 5.57 Å². The summed E-state index contributed by atoms with van der Waals surface area (Å²) in [6.45, 7) is 12.1. The van der Waals surface area contributed by atoms with Crippen molar-refractivity contribution in [2.75, 3.05) is 37.8 Å². The number of nitrogens with one attached hydrogen (secondary N) is 3. The normalized spacial score (nSPS) is 24.1. The van der Waals surface area contributed by atoms with Crippen molar-refractivity contribution in [2.45, 2.75) is 115 Å². The van der Waals surface area contributed by atoms with Gasteiger partial charge in [-0.1, -0.05) is 43.9 Å². The van der Waals surface area contributed by atoms with Crippen LogP contribution in [0.2, 0.25) is 0 Å². The van der Waals surface area contributed by atoms with Crippen molar-refractivity contribution >= 4 is 52.4 Å². The molecule has 10 N–H and O–H groups in total. The number of nitrogen functional groups attached to an aromatic ring is 1. The minimum absolute atomic E-state index is 0.0349. The third-order valence-electron chi connectivity index (χ3n) is 13.4. The summed E-state index contributed by atoms with van der Waals surface area (Å²) in [6, 6.07) is 16.1. The van der Waals surface area contributed by atoms with Gasteiger partial charge in [-0.05, 0) is 81.7 Å². The monoisotopic (exact) mass is 1110 g/mol. The molecule has 408 valence electrons. The van der Waals surface area contributed by atoms with Crippen LogP contribution in [0.5, 0.6) is 11.5 Å². The molecule has 8 rings (SSSR count). The Morgan fingerprint density at radius 1 is 0.987 bits per heavy atom. The molecule has 4 aromatic rings. The maximum absolute atomic E-state index is 14.5. The first-order valence-corrected chi connectivity index (χ1v) is 28.6. The van der Waals surface area contributed by atoms with Gasteiger partial charge in [-0.15, -0.1) is 0 Å². The van der Waals surface area contributed by atoms with Crippen molar-refractivity contribution in [3.05, 3.63) is 109 Å². The first kappa shape index (κ1) is 56.6. The van der Waals surface area contributed by atoms with E-state index in [2.05, 4.69) is 111 Å². The number of phosphoric ester groups is 1. The van der Waals surface area contributed by atoms with Crippen molar-refractivity contribution in [3.63, 3.8) is 0 Å². The van der Waals surface area contributed by atoms with Crippen LogP contribution in [0, 0.1) is 11.8 Å². The van der Waals surface area contributed by atoms with Gasteiger partial charge in [0.25, 0.3) is 13.7 Å². The van der Waals surface area contributed by atoms with E-state index in [9.17, 15) is 53.0 Å². The van der Waals surface area contributed by atoms with E-state index in [0.29, 0.717) is 28.1 Å². The molecule has 9 atom stereocenters. The van der Waals surface area contributed by atoms with Crippen molar-refractivity contribution in [1.82, 2.24) is 19.8 Å². The van der Waals surface area contributed by atoms with Crippen LogP contribution < -0.4 is 47.3 Å². The van der Waals surface area contributed by atoms with E-state index >= 15 is 0 Å². The first-order chi connectivity index (χ1) is 35.4. The maximum Gasteiger partial charge on any atom is 0.487 e. The van der Waals surface area contributed by atoms with Crippen LogP contribution in [0.15, 0.2) is 59.5 Å². The van der Waals surface area contributed by atoms with E-state index in [1.54, 1.807) is 11.9 Å². The number of carbonyl (C=O) groups is 2. The van der Waals surface area contributed by atoms with E-state index in [4.69, 9.17) is 20.1 Å². The number of carbonyl (C=O) groups excluding carboxylic acids is 2. The third-order valence-corrected chi connectivity index (χ3v) is 17.2. The smallest absolute Gasteiger partial charge is 0.487 e. The summed E-state index contributed by atoms with van der Waals surface area (Å²) >= 11 is 0. The summed E-state index contributed by atoms with van der Waals surface area (Å²) in [6.07, 6.45) is -4.01. The molecular weight excluding hydrogens is 1050 g/mol. The number of fused-ring (bicyclic) bond motifs is 4. The molecule has 0 saturated carbocycles.